The number of halogens is 1. The largest absolute Gasteiger partial charge is 0.311 e. The molecule has 0 spiro atoms. The van der Waals surface area contributed by atoms with Gasteiger partial charge in [-0.2, -0.15) is 5.10 Å². The highest BCUT2D eigenvalue weighted by molar-refractivity contribution is 6.18. The molecule has 1 aromatic heterocycles. The van der Waals surface area contributed by atoms with Gasteiger partial charge in [0.25, 0.3) is 0 Å². The van der Waals surface area contributed by atoms with Gasteiger partial charge in [0.15, 0.2) is 0 Å². The Kier molecular flexibility index (Phi) is 3.39. The van der Waals surface area contributed by atoms with Crippen LogP contribution in [0.2, 0.25) is 0 Å². The number of hydrogen-bond donors (Lipinski definition) is 1. The normalized spacial score (nSPS) is 10.4. The molecule has 0 saturated heterocycles. The molecule has 3 nitrogen and oxygen atoms in total. The molecule has 0 bridgehead atoms. The van der Waals surface area contributed by atoms with Crippen LogP contribution in [0.3, 0.4) is 0 Å². The summed E-state index contributed by atoms with van der Waals surface area (Å²) in [5.41, 5.74) is 1.19. The van der Waals surface area contributed by atoms with Gasteiger partial charge in [-0.15, -0.1) is 11.6 Å². The van der Waals surface area contributed by atoms with Crippen molar-refractivity contribution in [2.45, 2.75) is 6.54 Å². The lowest BCUT2D eigenvalue weighted by Gasteiger charge is -1.96. The molecule has 0 saturated carbocycles. The Morgan fingerprint density at radius 1 is 1.73 bits per heavy atom. The molecular weight excluding hydrogens is 162 g/mol. The monoisotopic (exact) mass is 173 g/mol. The summed E-state index contributed by atoms with van der Waals surface area (Å²) in [4.78, 5) is 0. The summed E-state index contributed by atoms with van der Waals surface area (Å²) in [6.07, 6.45) is 3.84. The van der Waals surface area contributed by atoms with Gasteiger partial charge in [-0.25, -0.2) is 0 Å². The van der Waals surface area contributed by atoms with Crippen LogP contribution in [0.4, 0.5) is 0 Å². The molecule has 0 radical (unpaired) electrons. The van der Waals surface area contributed by atoms with E-state index in [4.69, 9.17) is 11.6 Å². The summed E-state index contributed by atoms with van der Waals surface area (Å²) in [5, 5.41) is 7.22. The second kappa shape index (κ2) is 4.36. The molecule has 0 aliphatic carbocycles. The van der Waals surface area contributed by atoms with Gasteiger partial charge in [0.05, 0.1) is 6.20 Å². The third-order valence-corrected chi connectivity index (χ3v) is 1.55. The Hall–Kier alpha value is -0.540. The van der Waals surface area contributed by atoms with Crippen molar-refractivity contribution in [3.63, 3.8) is 0 Å². The standard InChI is InChI=1S/C7H12ClN3/c1-11-6-7(5-10-11)4-9-3-2-8/h5-6,9H,2-4H2,1H3. The number of aryl methyl sites for hydroxylation is 1. The van der Waals surface area contributed by atoms with Gasteiger partial charge in [0, 0.05) is 37.8 Å². The number of aromatic nitrogens is 2. The van der Waals surface area contributed by atoms with Gasteiger partial charge >= 0.3 is 0 Å². The number of nitrogens with zero attached hydrogens (tertiary/aromatic N) is 2. The predicted molar refractivity (Wildman–Crippen MR) is 45.6 cm³/mol. The van der Waals surface area contributed by atoms with Crippen LogP contribution in [0.15, 0.2) is 12.4 Å². The second-order valence-corrected chi connectivity index (χ2v) is 2.77. The Bertz CT molecular complexity index is 209. The summed E-state index contributed by atoms with van der Waals surface area (Å²) in [6, 6.07) is 0. The van der Waals surface area contributed by atoms with E-state index >= 15 is 0 Å². The minimum absolute atomic E-state index is 0.653. The number of hydrogen-bond acceptors (Lipinski definition) is 2. The van der Waals surface area contributed by atoms with Crippen molar-refractivity contribution in [3.8, 4) is 0 Å². The number of nitrogens with one attached hydrogen (secondary N) is 1. The molecule has 11 heavy (non-hydrogen) atoms. The first-order valence-corrected chi connectivity index (χ1v) is 4.10. The molecule has 4 heteroatoms. The number of rotatable bonds is 4. The molecule has 62 valence electrons. The minimum Gasteiger partial charge on any atom is -0.311 e. The van der Waals surface area contributed by atoms with Crippen molar-refractivity contribution >= 4 is 11.6 Å². The maximum Gasteiger partial charge on any atom is 0.0534 e. The molecule has 0 amide bonds. The van der Waals surface area contributed by atoms with E-state index in [-0.39, 0.29) is 0 Å². The lowest BCUT2D eigenvalue weighted by molar-refractivity contribution is 0.726. The van der Waals surface area contributed by atoms with E-state index in [1.807, 2.05) is 19.4 Å². The van der Waals surface area contributed by atoms with Crippen molar-refractivity contribution in [3.05, 3.63) is 18.0 Å². The predicted octanol–water partition coefficient (Wildman–Crippen LogP) is 0.748. The van der Waals surface area contributed by atoms with E-state index in [0.29, 0.717) is 5.88 Å². The summed E-state index contributed by atoms with van der Waals surface area (Å²) >= 11 is 5.49. The van der Waals surface area contributed by atoms with Crippen LogP contribution >= 0.6 is 11.6 Å². The van der Waals surface area contributed by atoms with Crippen LogP contribution in [0.1, 0.15) is 5.56 Å². The fourth-order valence-electron chi connectivity index (χ4n) is 0.863. The molecule has 0 aliphatic heterocycles. The summed E-state index contributed by atoms with van der Waals surface area (Å²) in [6.45, 7) is 1.69. The number of alkyl halides is 1. The zero-order chi connectivity index (χ0) is 8.10. The highest BCUT2D eigenvalue weighted by Gasteiger charge is 1.93. The average molecular weight is 174 g/mol. The molecule has 0 aromatic carbocycles. The first kappa shape index (κ1) is 8.56. The van der Waals surface area contributed by atoms with E-state index in [1.54, 1.807) is 4.68 Å². The highest BCUT2D eigenvalue weighted by atomic mass is 35.5. The van der Waals surface area contributed by atoms with Crippen molar-refractivity contribution in [2.75, 3.05) is 12.4 Å². The van der Waals surface area contributed by atoms with E-state index in [9.17, 15) is 0 Å². The molecular formula is C7H12ClN3. The summed E-state index contributed by atoms with van der Waals surface area (Å²) in [7, 11) is 1.91. The molecule has 1 aromatic rings. The molecule has 1 rings (SSSR count). The maximum atomic E-state index is 5.49. The Labute approximate surface area is 71.4 Å². The lowest BCUT2D eigenvalue weighted by atomic mass is 10.3. The third kappa shape index (κ3) is 2.91. The van der Waals surface area contributed by atoms with Crippen molar-refractivity contribution in [1.29, 1.82) is 0 Å². The van der Waals surface area contributed by atoms with Crippen LogP contribution in [0.5, 0.6) is 0 Å². The average Bonchev–Trinajstić information content (AvgIpc) is 2.37. The minimum atomic E-state index is 0.653. The van der Waals surface area contributed by atoms with E-state index in [0.717, 1.165) is 13.1 Å². The van der Waals surface area contributed by atoms with Crippen molar-refractivity contribution < 1.29 is 0 Å². The van der Waals surface area contributed by atoms with Gasteiger partial charge in [0.2, 0.25) is 0 Å². The third-order valence-electron chi connectivity index (χ3n) is 1.36. The molecule has 1 N–H and O–H groups in total. The molecule has 1 heterocycles. The first-order chi connectivity index (χ1) is 5.33. The van der Waals surface area contributed by atoms with Crippen LogP contribution in [-0.2, 0) is 13.6 Å². The Morgan fingerprint density at radius 3 is 3.09 bits per heavy atom. The molecule has 0 unspecified atom stereocenters. The second-order valence-electron chi connectivity index (χ2n) is 2.39. The zero-order valence-electron chi connectivity index (χ0n) is 6.55. The Balaban J connectivity index is 2.27. The van der Waals surface area contributed by atoms with Gasteiger partial charge in [-0.05, 0) is 0 Å². The fraction of sp³-hybridized carbons (Fsp3) is 0.571. The van der Waals surface area contributed by atoms with Gasteiger partial charge in [0.1, 0.15) is 0 Å². The Morgan fingerprint density at radius 2 is 2.55 bits per heavy atom. The molecule has 0 atom stereocenters. The van der Waals surface area contributed by atoms with Crippen LogP contribution in [0.25, 0.3) is 0 Å². The van der Waals surface area contributed by atoms with E-state index < -0.39 is 0 Å². The van der Waals surface area contributed by atoms with Gasteiger partial charge in [-0.1, -0.05) is 0 Å². The van der Waals surface area contributed by atoms with Crippen molar-refractivity contribution in [2.24, 2.45) is 7.05 Å². The quantitative estimate of drug-likeness (QED) is 0.538. The summed E-state index contributed by atoms with van der Waals surface area (Å²) in [5.74, 6) is 0.653. The van der Waals surface area contributed by atoms with Crippen LogP contribution in [-0.4, -0.2) is 22.2 Å². The van der Waals surface area contributed by atoms with E-state index in [2.05, 4.69) is 10.4 Å². The van der Waals surface area contributed by atoms with Gasteiger partial charge in [-0.3, -0.25) is 4.68 Å². The van der Waals surface area contributed by atoms with E-state index in [1.165, 1.54) is 5.56 Å². The van der Waals surface area contributed by atoms with Crippen LogP contribution < -0.4 is 5.32 Å². The smallest absolute Gasteiger partial charge is 0.0534 e. The molecule has 0 fully saturated rings. The molecule has 0 aliphatic rings. The summed E-state index contributed by atoms with van der Waals surface area (Å²) < 4.78 is 1.79. The first-order valence-electron chi connectivity index (χ1n) is 3.57. The topological polar surface area (TPSA) is 29.9 Å². The highest BCUT2D eigenvalue weighted by Crippen LogP contribution is 1.94. The lowest BCUT2D eigenvalue weighted by Crippen LogP contribution is -2.15. The van der Waals surface area contributed by atoms with Gasteiger partial charge < -0.3 is 5.32 Å². The fourth-order valence-corrected chi connectivity index (χ4v) is 0.996. The zero-order valence-corrected chi connectivity index (χ0v) is 7.30. The SMILES string of the molecule is Cn1cc(CNCCCl)cn1. The maximum absolute atomic E-state index is 5.49. The van der Waals surface area contributed by atoms with Crippen molar-refractivity contribution in [1.82, 2.24) is 15.1 Å². The van der Waals surface area contributed by atoms with Crippen LogP contribution in [0, 0.1) is 0 Å².